The van der Waals surface area contributed by atoms with Gasteiger partial charge in [-0.25, -0.2) is 0 Å². The average molecular weight is 184 g/mol. The third kappa shape index (κ3) is 1.24. The van der Waals surface area contributed by atoms with E-state index in [4.69, 9.17) is 10.7 Å². The Morgan fingerprint density at radius 3 is 3.00 bits per heavy atom. The van der Waals surface area contributed by atoms with Crippen LogP contribution in [0, 0.1) is 0 Å². The molecule has 1 aromatic carbocycles. The minimum Gasteiger partial charge on any atom is -0.361 e. The van der Waals surface area contributed by atoms with Crippen LogP contribution >= 0.6 is 21.7 Å². The molecule has 0 aliphatic carbocycles. The van der Waals surface area contributed by atoms with Gasteiger partial charge in [-0.2, -0.15) is 0 Å². The Bertz CT molecular complexity index is 369. The van der Waals surface area contributed by atoms with E-state index in [0.717, 1.165) is 10.4 Å². The molecule has 0 aliphatic rings. The summed E-state index contributed by atoms with van der Waals surface area (Å²) >= 11 is 0. The van der Waals surface area contributed by atoms with Crippen molar-refractivity contribution in [1.82, 2.24) is 4.98 Å². The number of rotatable bonds is 1. The second-order valence-electron chi connectivity index (χ2n) is 2.30. The normalized spacial score (nSPS) is 10.6. The third-order valence-electron chi connectivity index (χ3n) is 1.61. The maximum Gasteiger partial charge on any atom is 0.0454 e. The molecule has 56 valence electrons. The Hall–Kier alpha value is -0.600. The van der Waals surface area contributed by atoms with Gasteiger partial charge in [0.1, 0.15) is 0 Å². The Labute approximate surface area is 73.3 Å². The fraction of sp³-hybridized carbons (Fsp3) is 0. The zero-order chi connectivity index (χ0) is 7.68. The Morgan fingerprint density at radius 1 is 1.27 bits per heavy atom. The molecule has 1 aromatic heterocycles. The molecule has 0 fully saturated rings. The van der Waals surface area contributed by atoms with E-state index in [9.17, 15) is 0 Å². The first kappa shape index (κ1) is 7.07. The molecule has 0 unspecified atom stereocenters. The van der Waals surface area contributed by atoms with Gasteiger partial charge in [-0.1, -0.05) is 0 Å². The predicted octanol–water partition coefficient (Wildman–Crippen LogP) is 3.41. The van der Waals surface area contributed by atoms with Gasteiger partial charge in [0.25, 0.3) is 0 Å². The van der Waals surface area contributed by atoms with Gasteiger partial charge in [0.15, 0.2) is 0 Å². The van der Waals surface area contributed by atoms with Crippen LogP contribution in [0.1, 0.15) is 0 Å². The van der Waals surface area contributed by atoms with E-state index in [2.05, 4.69) is 11.1 Å². The third-order valence-corrected chi connectivity index (χ3v) is 2.58. The highest BCUT2D eigenvalue weighted by molar-refractivity contribution is 8.21. The maximum absolute atomic E-state index is 5.60. The summed E-state index contributed by atoms with van der Waals surface area (Å²) in [4.78, 5) is 4.20. The van der Waals surface area contributed by atoms with Crippen LogP contribution < -0.4 is 0 Å². The Morgan fingerprint density at radius 2 is 2.18 bits per heavy atom. The van der Waals surface area contributed by atoms with Gasteiger partial charge >= 0.3 is 0 Å². The van der Waals surface area contributed by atoms with E-state index < -0.39 is 0 Å². The summed E-state index contributed by atoms with van der Waals surface area (Å²) in [5.74, 6) is 0. The summed E-state index contributed by atoms with van der Waals surface area (Å²) in [7, 11) is 6.85. The van der Waals surface area contributed by atoms with Crippen molar-refractivity contribution in [3.8, 4) is 0 Å². The van der Waals surface area contributed by atoms with Crippen molar-refractivity contribution in [2.24, 2.45) is 0 Å². The van der Waals surface area contributed by atoms with Crippen LogP contribution in [0.3, 0.4) is 0 Å². The van der Waals surface area contributed by atoms with Gasteiger partial charge < -0.3 is 4.98 Å². The minimum absolute atomic E-state index is 1.08. The van der Waals surface area contributed by atoms with Crippen LogP contribution in [0.25, 0.3) is 10.9 Å². The average Bonchev–Trinajstić information content (AvgIpc) is 2.50. The highest BCUT2D eigenvalue weighted by atomic mass is 35.7. The molecule has 1 heterocycles. The van der Waals surface area contributed by atoms with Gasteiger partial charge in [-0.3, -0.25) is 0 Å². The molecule has 0 bridgehead atoms. The predicted molar refractivity (Wildman–Crippen MR) is 50.0 cm³/mol. The van der Waals surface area contributed by atoms with Crippen molar-refractivity contribution < 1.29 is 0 Å². The van der Waals surface area contributed by atoms with Gasteiger partial charge in [-0.05, 0) is 45.9 Å². The first-order valence-electron chi connectivity index (χ1n) is 3.26. The number of hydrogen-bond acceptors (Lipinski definition) is 1. The van der Waals surface area contributed by atoms with Crippen LogP contribution in [0.4, 0.5) is 0 Å². The molecule has 11 heavy (non-hydrogen) atoms. The van der Waals surface area contributed by atoms with Gasteiger partial charge in [0.2, 0.25) is 0 Å². The standard InChI is InChI=1S/C8H6ClNS/c9-11-7-1-2-8-6(5-7)3-4-10-8/h1-5,10H. The number of aromatic nitrogens is 1. The summed E-state index contributed by atoms with van der Waals surface area (Å²) in [6.45, 7) is 0. The lowest BCUT2D eigenvalue weighted by atomic mass is 10.2. The second kappa shape index (κ2) is 2.80. The van der Waals surface area contributed by atoms with Crippen LogP contribution in [0.15, 0.2) is 35.4 Å². The topological polar surface area (TPSA) is 15.8 Å². The van der Waals surface area contributed by atoms with Crippen LogP contribution in [0.5, 0.6) is 0 Å². The number of nitrogens with one attached hydrogen (secondary N) is 1. The largest absolute Gasteiger partial charge is 0.361 e. The van der Waals surface area contributed by atoms with E-state index in [1.807, 2.05) is 24.4 Å². The molecule has 0 saturated heterocycles. The van der Waals surface area contributed by atoms with Crippen LogP contribution in [-0.2, 0) is 0 Å². The fourth-order valence-electron chi connectivity index (χ4n) is 1.08. The van der Waals surface area contributed by atoms with Crippen molar-refractivity contribution in [2.75, 3.05) is 0 Å². The smallest absolute Gasteiger partial charge is 0.0454 e. The summed E-state index contributed by atoms with van der Waals surface area (Å²) in [6.07, 6.45) is 1.92. The molecule has 0 amide bonds. The van der Waals surface area contributed by atoms with E-state index in [1.165, 1.54) is 16.4 Å². The van der Waals surface area contributed by atoms with Crippen molar-refractivity contribution in [1.29, 1.82) is 0 Å². The van der Waals surface area contributed by atoms with Gasteiger partial charge in [0, 0.05) is 22.0 Å². The molecule has 0 radical (unpaired) electrons. The SMILES string of the molecule is ClSc1ccc2[nH]ccc2c1. The molecule has 2 aromatic rings. The lowest BCUT2D eigenvalue weighted by Crippen LogP contribution is -1.67. The minimum atomic E-state index is 1.08. The van der Waals surface area contributed by atoms with Gasteiger partial charge in [0.05, 0.1) is 0 Å². The molecular formula is C8H6ClNS. The van der Waals surface area contributed by atoms with Gasteiger partial charge in [-0.15, -0.1) is 0 Å². The monoisotopic (exact) mass is 183 g/mol. The number of H-pyrrole nitrogens is 1. The molecule has 1 nitrogen and oxygen atoms in total. The number of benzene rings is 1. The summed E-state index contributed by atoms with van der Waals surface area (Å²) in [5, 5.41) is 1.20. The van der Waals surface area contributed by atoms with E-state index in [1.54, 1.807) is 0 Å². The Balaban J connectivity index is 2.67. The fourth-order valence-corrected chi connectivity index (χ4v) is 1.66. The second-order valence-corrected chi connectivity index (χ2v) is 3.39. The highest BCUT2D eigenvalue weighted by Gasteiger charge is 1.95. The van der Waals surface area contributed by atoms with Crippen molar-refractivity contribution >= 4 is 32.6 Å². The zero-order valence-electron chi connectivity index (χ0n) is 5.67. The number of hydrogen-bond donors (Lipinski definition) is 1. The number of fused-ring (bicyclic) bond motifs is 1. The first-order chi connectivity index (χ1) is 5.40. The Kier molecular flexibility index (Phi) is 1.80. The molecular weight excluding hydrogens is 178 g/mol. The summed E-state index contributed by atoms with van der Waals surface area (Å²) in [5.41, 5.74) is 1.15. The first-order valence-corrected chi connectivity index (χ1v) is 4.90. The van der Waals surface area contributed by atoms with Crippen LogP contribution in [-0.4, -0.2) is 4.98 Å². The molecule has 0 saturated carbocycles. The van der Waals surface area contributed by atoms with Crippen LogP contribution in [0.2, 0.25) is 0 Å². The molecule has 3 heteroatoms. The zero-order valence-corrected chi connectivity index (χ0v) is 7.25. The molecule has 2 rings (SSSR count). The lowest BCUT2D eigenvalue weighted by molar-refractivity contribution is 1.46. The molecule has 0 atom stereocenters. The van der Waals surface area contributed by atoms with E-state index >= 15 is 0 Å². The number of halogens is 1. The number of aromatic amines is 1. The maximum atomic E-state index is 5.60. The summed E-state index contributed by atoms with van der Waals surface area (Å²) < 4.78 is 0. The van der Waals surface area contributed by atoms with E-state index in [0.29, 0.717) is 0 Å². The lowest BCUT2D eigenvalue weighted by Gasteiger charge is -1.92. The van der Waals surface area contributed by atoms with Crippen molar-refractivity contribution in [2.45, 2.75) is 4.90 Å². The molecule has 1 N–H and O–H groups in total. The molecule has 0 spiro atoms. The molecule has 0 aliphatic heterocycles. The van der Waals surface area contributed by atoms with Crippen molar-refractivity contribution in [3.05, 3.63) is 30.5 Å². The van der Waals surface area contributed by atoms with Crippen molar-refractivity contribution in [3.63, 3.8) is 0 Å². The summed E-state index contributed by atoms with van der Waals surface area (Å²) in [6, 6.07) is 8.12. The quantitative estimate of drug-likeness (QED) is 0.717. The van der Waals surface area contributed by atoms with E-state index in [-0.39, 0.29) is 0 Å². The highest BCUT2D eigenvalue weighted by Crippen LogP contribution is 2.25.